The van der Waals surface area contributed by atoms with Crippen LogP contribution >= 0.6 is 35.4 Å². The summed E-state index contributed by atoms with van der Waals surface area (Å²) in [4.78, 5) is 22.6. The van der Waals surface area contributed by atoms with Crippen molar-refractivity contribution in [2.45, 2.75) is 0 Å². The van der Waals surface area contributed by atoms with E-state index in [-0.39, 0.29) is 32.2 Å². The predicted molar refractivity (Wildman–Crippen MR) is 85.8 cm³/mol. The zero-order valence-electron chi connectivity index (χ0n) is 10.7. The fourth-order valence-electron chi connectivity index (χ4n) is 1.53. The van der Waals surface area contributed by atoms with Crippen LogP contribution in [0.1, 0.15) is 20.9 Å². The molecule has 2 aromatic rings. The largest absolute Gasteiger partial charge is 0.478 e. The Kier molecular flexibility index (Phi) is 5.02. The first-order valence-corrected chi connectivity index (χ1v) is 6.93. The molecule has 0 bridgehead atoms. The first kappa shape index (κ1) is 16.3. The molecule has 1 amide bonds. The van der Waals surface area contributed by atoms with E-state index in [0.29, 0.717) is 0 Å². The maximum atomic E-state index is 11.7. The average molecular weight is 359 g/mol. The minimum Gasteiger partial charge on any atom is -0.478 e. The second-order valence-corrected chi connectivity index (χ2v) is 5.23. The van der Waals surface area contributed by atoms with Crippen LogP contribution in [0.2, 0.25) is 10.0 Å². The summed E-state index contributed by atoms with van der Waals surface area (Å²) in [5.41, 5.74) is 0.129. The van der Waals surface area contributed by atoms with E-state index in [0.717, 1.165) is 0 Å². The number of nitrogens with one attached hydrogen (secondary N) is 2. The molecule has 22 heavy (non-hydrogen) atoms. The molecule has 0 atom stereocenters. The molecule has 0 aliphatic carbocycles. The van der Waals surface area contributed by atoms with Gasteiger partial charge < -0.3 is 14.8 Å². The van der Waals surface area contributed by atoms with Crippen molar-refractivity contribution in [3.63, 3.8) is 0 Å². The number of anilines is 1. The number of halogens is 2. The van der Waals surface area contributed by atoms with Crippen molar-refractivity contribution < 1.29 is 19.1 Å². The van der Waals surface area contributed by atoms with Gasteiger partial charge in [-0.25, -0.2) is 4.79 Å². The first-order chi connectivity index (χ1) is 10.4. The van der Waals surface area contributed by atoms with Gasteiger partial charge in [-0.1, -0.05) is 23.2 Å². The van der Waals surface area contributed by atoms with Gasteiger partial charge in [-0.15, -0.1) is 0 Å². The Morgan fingerprint density at radius 1 is 1.23 bits per heavy atom. The Bertz CT molecular complexity index is 723. The Labute approximate surface area is 140 Å². The van der Waals surface area contributed by atoms with Gasteiger partial charge in [0.1, 0.15) is 0 Å². The van der Waals surface area contributed by atoms with E-state index in [1.54, 1.807) is 6.07 Å². The van der Waals surface area contributed by atoms with E-state index in [1.165, 1.54) is 24.5 Å². The number of thiocarbonyl (C=S) groups is 1. The highest BCUT2D eigenvalue weighted by molar-refractivity contribution is 7.80. The molecule has 6 nitrogen and oxygen atoms in total. The van der Waals surface area contributed by atoms with E-state index >= 15 is 0 Å². The third-order valence-electron chi connectivity index (χ3n) is 2.50. The predicted octanol–water partition coefficient (Wildman–Crippen LogP) is 3.41. The Morgan fingerprint density at radius 2 is 1.86 bits per heavy atom. The van der Waals surface area contributed by atoms with Gasteiger partial charge in [0.25, 0.3) is 5.91 Å². The number of carboxylic acids is 1. The normalized spacial score (nSPS) is 10.1. The molecule has 0 aliphatic rings. The van der Waals surface area contributed by atoms with Crippen LogP contribution in [0.5, 0.6) is 0 Å². The monoisotopic (exact) mass is 358 g/mol. The second-order valence-electron chi connectivity index (χ2n) is 4.01. The molecule has 0 fully saturated rings. The number of aromatic carboxylic acids is 1. The Balaban J connectivity index is 2.12. The number of carboxylic acid groups (broad SMARTS) is 1. The van der Waals surface area contributed by atoms with Crippen LogP contribution in [-0.2, 0) is 0 Å². The maximum absolute atomic E-state index is 11.7. The van der Waals surface area contributed by atoms with Crippen molar-refractivity contribution in [1.29, 1.82) is 0 Å². The van der Waals surface area contributed by atoms with Crippen LogP contribution in [0.25, 0.3) is 0 Å². The SMILES string of the molecule is O=C(O)c1cc(Cl)c(NC(=S)NC(=O)c2ccco2)c(Cl)c1. The summed E-state index contributed by atoms with van der Waals surface area (Å²) in [7, 11) is 0. The highest BCUT2D eigenvalue weighted by atomic mass is 35.5. The quantitative estimate of drug-likeness (QED) is 0.728. The maximum Gasteiger partial charge on any atom is 0.335 e. The van der Waals surface area contributed by atoms with Crippen LogP contribution in [0.4, 0.5) is 5.69 Å². The number of carbonyl (C=O) groups is 2. The molecule has 1 heterocycles. The van der Waals surface area contributed by atoms with Crippen molar-refractivity contribution in [3.8, 4) is 0 Å². The van der Waals surface area contributed by atoms with Crippen molar-refractivity contribution in [3.05, 3.63) is 51.9 Å². The molecule has 3 N–H and O–H groups in total. The minimum absolute atomic E-state index is 0.0551. The molecule has 0 unspecified atom stereocenters. The third-order valence-corrected chi connectivity index (χ3v) is 3.30. The van der Waals surface area contributed by atoms with Crippen LogP contribution in [0.15, 0.2) is 34.9 Å². The third kappa shape index (κ3) is 3.76. The van der Waals surface area contributed by atoms with Gasteiger partial charge in [0, 0.05) is 0 Å². The lowest BCUT2D eigenvalue weighted by Crippen LogP contribution is -2.34. The van der Waals surface area contributed by atoms with E-state index < -0.39 is 11.9 Å². The summed E-state index contributed by atoms with van der Waals surface area (Å²) in [6.45, 7) is 0. The minimum atomic E-state index is -1.16. The van der Waals surface area contributed by atoms with Crippen LogP contribution in [-0.4, -0.2) is 22.1 Å². The number of carbonyl (C=O) groups excluding carboxylic acids is 1. The van der Waals surface area contributed by atoms with Crippen LogP contribution in [0, 0.1) is 0 Å². The molecule has 0 saturated heterocycles. The Morgan fingerprint density at radius 3 is 2.36 bits per heavy atom. The number of furan rings is 1. The number of benzene rings is 1. The molecule has 114 valence electrons. The lowest BCUT2D eigenvalue weighted by atomic mass is 10.2. The lowest BCUT2D eigenvalue weighted by Gasteiger charge is -2.12. The number of hydrogen-bond donors (Lipinski definition) is 3. The fraction of sp³-hybridized carbons (Fsp3) is 0. The van der Waals surface area contributed by atoms with Crippen molar-refractivity contribution in [2.24, 2.45) is 0 Å². The summed E-state index contributed by atoms with van der Waals surface area (Å²) in [6, 6.07) is 5.47. The molecule has 0 aliphatic heterocycles. The molecule has 2 rings (SSSR count). The zero-order valence-corrected chi connectivity index (χ0v) is 13.1. The molecule has 1 aromatic heterocycles. The van der Waals surface area contributed by atoms with Gasteiger partial charge in [-0.05, 0) is 36.5 Å². The number of rotatable bonds is 3. The summed E-state index contributed by atoms with van der Waals surface area (Å²) < 4.78 is 4.92. The van der Waals surface area contributed by atoms with Gasteiger partial charge in [0.15, 0.2) is 10.9 Å². The Hall–Kier alpha value is -2.09. The van der Waals surface area contributed by atoms with Crippen molar-refractivity contribution >= 4 is 58.1 Å². The van der Waals surface area contributed by atoms with E-state index in [1.807, 2.05) is 0 Å². The molecule has 0 radical (unpaired) electrons. The summed E-state index contributed by atoms with van der Waals surface area (Å²) in [5, 5.41) is 14.0. The van der Waals surface area contributed by atoms with Gasteiger partial charge in [0.2, 0.25) is 0 Å². The summed E-state index contributed by atoms with van der Waals surface area (Å²) in [5.74, 6) is -1.62. The van der Waals surface area contributed by atoms with Gasteiger partial charge in [-0.2, -0.15) is 0 Å². The van der Waals surface area contributed by atoms with E-state index in [2.05, 4.69) is 10.6 Å². The molecule has 0 spiro atoms. The van der Waals surface area contributed by atoms with E-state index in [4.69, 9.17) is 44.9 Å². The standard InChI is InChI=1S/C13H8Cl2N2O4S/c14-7-4-6(12(19)20)5-8(15)10(7)16-13(22)17-11(18)9-2-1-3-21-9/h1-5H,(H,19,20)(H2,16,17,18,22). The van der Waals surface area contributed by atoms with Crippen molar-refractivity contribution in [2.75, 3.05) is 5.32 Å². The number of amides is 1. The van der Waals surface area contributed by atoms with E-state index in [9.17, 15) is 9.59 Å². The highest BCUT2D eigenvalue weighted by Crippen LogP contribution is 2.31. The summed E-state index contributed by atoms with van der Waals surface area (Å²) in [6.07, 6.45) is 1.35. The molecule has 9 heteroatoms. The highest BCUT2D eigenvalue weighted by Gasteiger charge is 2.15. The smallest absolute Gasteiger partial charge is 0.335 e. The molecule has 1 aromatic carbocycles. The molecular formula is C13H8Cl2N2O4S. The van der Waals surface area contributed by atoms with Crippen LogP contribution < -0.4 is 10.6 Å². The second kappa shape index (κ2) is 6.78. The number of hydrogen-bond acceptors (Lipinski definition) is 4. The molecule has 0 saturated carbocycles. The van der Waals surface area contributed by atoms with Gasteiger partial charge in [0.05, 0.1) is 27.6 Å². The van der Waals surface area contributed by atoms with Crippen LogP contribution in [0.3, 0.4) is 0 Å². The average Bonchev–Trinajstić information content (AvgIpc) is 2.96. The van der Waals surface area contributed by atoms with Gasteiger partial charge in [-0.3, -0.25) is 10.1 Å². The lowest BCUT2D eigenvalue weighted by molar-refractivity contribution is 0.0696. The fourth-order valence-corrected chi connectivity index (χ4v) is 2.31. The van der Waals surface area contributed by atoms with Gasteiger partial charge >= 0.3 is 5.97 Å². The first-order valence-electron chi connectivity index (χ1n) is 5.76. The topological polar surface area (TPSA) is 91.6 Å². The van der Waals surface area contributed by atoms with Crippen molar-refractivity contribution in [1.82, 2.24) is 5.32 Å². The molecular weight excluding hydrogens is 351 g/mol. The summed E-state index contributed by atoms with van der Waals surface area (Å²) >= 11 is 16.9. The zero-order chi connectivity index (χ0) is 16.3.